The van der Waals surface area contributed by atoms with E-state index in [9.17, 15) is 36.0 Å². The molecule has 3 aliphatic heterocycles. The minimum absolute atomic E-state index is 0.128. The Kier molecular flexibility index (Phi) is 6.56. The average Bonchev–Trinajstić information content (AvgIpc) is 3.27. The molecule has 3 heterocycles. The zero-order chi connectivity index (χ0) is 28.2. The number of sulfone groups is 1. The third-order valence-corrected chi connectivity index (χ3v) is 10.1. The maximum atomic E-state index is 13.8. The smallest absolute Gasteiger partial charge is 0.406 e. The summed E-state index contributed by atoms with van der Waals surface area (Å²) in [6.45, 7) is -0.501. The molecule has 12 heteroatoms. The van der Waals surface area contributed by atoms with E-state index in [2.05, 4.69) is 0 Å². The average molecular weight is 563 g/mol. The first-order valence-electron chi connectivity index (χ1n) is 12.3. The van der Waals surface area contributed by atoms with E-state index >= 15 is 0 Å². The Morgan fingerprint density at radius 3 is 2.15 bits per heavy atom. The quantitative estimate of drug-likeness (QED) is 0.305. The summed E-state index contributed by atoms with van der Waals surface area (Å²) in [5.74, 6) is -2.52. The summed E-state index contributed by atoms with van der Waals surface area (Å²) in [5, 5.41) is -1.29. The maximum Gasteiger partial charge on any atom is 0.406 e. The molecule has 0 spiro atoms. The molecule has 3 atom stereocenters. The minimum Gasteiger partial charge on any atom is -0.451 e. The fourth-order valence-corrected chi connectivity index (χ4v) is 7.80. The third-order valence-electron chi connectivity index (χ3n) is 7.45. The van der Waals surface area contributed by atoms with E-state index in [4.69, 9.17) is 4.74 Å². The Hall–Kier alpha value is -3.67. The zero-order valence-corrected chi connectivity index (χ0v) is 21.6. The van der Waals surface area contributed by atoms with Crippen LogP contribution in [-0.2, 0) is 29.0 Å². The van der Waals surface area contributed by atoms with Crippen LogP contribution in [0.1, 0.15) is 37.0 Å². The van der Waals surface area contributed by atoms with Gasteiger partial charge in [0.25, 0.3) is 0 Å². The number of carbonyl (C=O) groups is 3. The van der Waals surface area contributed by atoms with Crippen LogP contribution < -0.4 is 0 Å². The van der Waals surface area contributed by atoms with Gasteiger partial charge >= 0.3 is 12.1 Å². The van der Waals surface area contributed by atoms with Gasteiger partial charge in [-0.2, -0.15) is 13.2 Å². The molecule has 8 nitrogen and oxygen atoms in total. The molecule has 0 radical (unpaired) electrons. The van der Waals surface area contributed by atoms with E-state index < -0.39 is 62.6 Å². The molecule has 0 aliphatic carbocycles. The Morgan fingerprint density at radius 2 is 1.64 bits per heavy atom. The molecule has 39 heavy (non-hydrogen) atoms. The molecule has 5 rings (SSSR count). The van der Waals surface area contributed by atoms with Crippen molar-refractivity contribution in [3.05, 3.63) is 83.4 Å². The Morgan fingerprint density at radius 1 is 1.08 bits per heavy atom. The molecule has 3 aliphatic rings. The predicted molar refractivity (Wildman–Crippen MR) is 133 cm³/mol. The standard InChI is InChI=1S/C27H25F3N2O6S/c1-26(15-19-12-13-31(24(19)34)16-27(28,29)30)23(32-20(33)14-21(32)39(26,36)37)25(35)38-22(17-8-4-2-5-9-17)18-10-6-3-7-11-18/h2-11,15,21-23H,12-14,16H2,1H3/b19-15+/t21?,23-,26-/m0/s1. The van der Waals surface area contributed by atoms with E-state index in [-0.39, 0.29) is 25.0 Å². The van der Waals surface area contributed by atoms with Gasteiger partial charge in [0.2, 0.25) is 11.8 Å². The predicted octanol–water partition coefficient (Wildman–Crippen LogP) is 3.15. The number of ether oxygens (including phenoxy) is 1. The Labute approximate surface area is 222 Å². The van der Waals surface area contributed by atoms with Crippen molar-refractivity contribution in [1.29, 1.82) is 0 Å². The fraction of sp³-hybridized carbons (Fsp3) is 0.370. The highest BCUT2D eigenvalue weighted by Gasteiger charge is 2.69. The lowest BCUT2D eigenvalue weighted by Crippen LogP contribution is -2.57. The van der Waals surface area contributed by atoms with Crippen LogP contribution in [0.2, 0.25) is 0 Å². The van der Waals surface area contributed by atoms with E-state index in [0.29, 0.717) is 16.0 Å². The van der Waals surface area contributed by atoms with Crippen LogP contribution in [0.4, 0.5) is 13.2 Å². The molecule has 0 N–H and O–H groups in total. The molecule has 0 saturated carbocycles. The number of halogens is 3. The zero-order valence-electron chi connectivity index (χ0n) is 20.8. The number of benzene rings is 2. The summed E-state index contributed by atoms with van der Waals surface area (Å²) in [4.78, 5) is 40.7. The van der Waals surface area contributed by atoms with Gasteiger partial charge in [0.1, 0.15) is 16.7 Å². The van der Waals surface area contributed by atoms with Gasteiger partial charge in [-0.05, 0) is 24.5 Å². The molecule has 0 aromatic heterocycles. The first kappa shape index (κ1) is 26.9. The molecule has 3 saturated heterocycles. The van der Waals surface area contributed by atoms with Crippen LogP contribution in [-0.4, -0.2) is 71.4 Å². The van der Waals surface area contributed by atoms with Crippen LogP contribution in [0.25, 0.3) is 0 Å². The summed E-state index contributed by atoms with van der Waals surface area (Å²) < 4.78 is 69.8. The van der Waals surface area contributed by atoms with E-state index in [1.165, 1.54) is 6.92 Å². The van der Waals surface area contributed by atoms with Crippen LogP contribution in [0.3, 0.4) is 0 Å². The number of amides is 2. The van der Waals surface area contributed by atoms with E-state index in [0.717, 1.165) is 11.0 Å². The molecular formula is C27H25F3N2O6S. The summed E-state index contributed by atoms with van der Waals surface area (Å²) >= 11 is 0. The molecular weight excluding hydrogens is 537 g/mol. The number of hydrogen-bond acceptors (Lipinski definition) is 6. The number of alkyl halides is 3. The van der Waals surface area contributed by atoms with Crippen LogP contribution >= 0.6 is 0 Å². The highest BCUT2D eigenvalue weighted by Crippen LogP contribution is 2.48. The van der Waals surface area contributed by atoms with Gasteiger partial charge in [0.15, 0.2) is 22.0 Å². The van der Waals surface area contributed by atoms with E-state index in [1.54, 1.807) is 60.7 Å². The molecule has 2 aromatic carbocycles. The number of carbonyl (C=O) groups excluding carboxylic acids is 3. The number of hydrogen-bond donors (Lipinski definition) is 0. The molecule has 2 aromatic rings. The molecule has 2 amide bonds. The van der Waals surface area contributed by atoms with Gasteiger partial charge in [-0.25, -0.2) is 13.2 Å². The highest BCUT2D eigenvalue weighted by molar-refractivity contribution is 7.94. The summed E-state index contributed by atoms with van der Waals surface area (Å²) in [7, 11) is -4.25. The third kappa shape index (κ3) is 4.60. The topological polar surface area (TPSA) is 101 Å². The van der Waals surface area contributed by atoms with Crippen molar-refractivity contribution in [2.24, 2.45) is 0 Å². The SMILES string of the molecule is C[C@]1(/C=C2\CCN(CC(F)(F)F)C2=O)[C@H](C(=O)OC(c2ccccc2)c2ccccc2)N2C(=O)CC2S1(=O)=O. The van der Waals surface area contributed by atoms with Gasteiger partial charge in [0.05, 0.1) is 6.42 Å². The lowest BCUT2D eigenvalue weighted by atomic mass is 9.93. The number of likely N-dealkylation sites (tertiary alicyclic amines) is 1. The maximum absolute atomic E-state index is 13.8. The number of rotatable bonds is 6. The van der Waals surface area contributed by atoms with Gasteiger partial charge in [-0.1, -0.05) is 66.7 Å². The van der Waals surface area contributed by atoms with Gasteiger partial charge in [0, 0.05) is 12.1 Å². The van der Waals surface area contributed by atoms with Gasteiger partial charge in [-0.15, -0.1) is 0 Å². The minimum atomic E-state index is -4.62. The van der Waals surface area contributed by atoms with Crippen LogP contribution in [0.15, 0.2) is 72.3 Å². The number of β-lactam (4-membered cyclic amide) rings is 1. The van der Waals surface area contributed by atoms with Crippen LogP contribution in [0.5, 0.6) is 0 Å². The molecule has 3 fully saturated rings. The van der Waals surface area contributed by atoms with Gasteiger partial charge in [-0.3, -0.25) is 9.59 Å². The van der Waals surface area contributed by atoms with Crippen molar-refractivity contribution >= 4 is 27.6 Å². The normalized spacial score (nSPS) is 27.2. The summed E-state index contributed by atoms with van der Waals surface area (Å²) in [6.07, 6.45) is -4.96. The first-order valence-corrected chi connectivity index (χ1v) is 13.8. The van der Waals surface area contributed by atoms with Crippen molar-refractivity contribution in [1.82, 2.24) is 9.80 Å². The van der Waals surface area contributed by atoms with Crippen LogP contribution in [0, 0.1) is 0 Å². The van der Waals surface area contributed by atoms with E-state index in [1.807, 2.05) is 0 Å². The molecule has 1 unspecified atom stereocenters. The molecule has 206 valence electrons. The summed E-state index contributed by atoms with van der Waals surface area (Å²) in [6, 6.07) is 15.9. The van der Waals surface area contributed by atoms with Crippen molar-refractivity contribution < 1.29 is 40.7 Å². The van der Waals surface area contributed by atoms with Gasteiger partial charge < -0.3 is 14.5 Å². The monoisotopic (exact) mass is 562 g/mol. The molecule has 0 bridgehead atoms. The Bertz CT molecular complexity index is 1410. The lowest BCUT2D eigenvalue weighted by molar-refractivity contribution is -0.163. The second-order valence-corrected chi connectivity index (χ2v) is 12.5. The van der Waals surface area contributed by atoms with Crippen molar-refractivity contribution in [2.75, 3.05) is 13.1 Å². The largest absolute Gasteiger partial charge is 0.451 e. The number of nitrogens with zero attached hydrogens (tertiary/aromatic N) is 2. The fourth-order valence-electron chi connectivity index (χ4n) is 5.48. The summed E-state index contributed by atoms with van der Waals surface area (Å²) in [5.41, 5.74) is 1.07. The second-order valence-electron chi connectivity index (χ2n) is 9.99. The van der Waals surface area contributed by atoms with Crippen molar-refractivity contribution in [3.63, 3.8) is 0 Å². The highest BCUT2D eigenvalue weighted by atomic mass is 32.2. The lowest BCUT2D eigenvalue weighted by Gasteiger charge is -2.37. The number of fused-ring (bicyclic) bond motifs is 1. The second kappa shape index (κ2) is 9.51. The van der Waals surface area contributed by atoms with Crippen molar-refractivity contribution in [2.45, 2.75) is 48.2 Å². The Balaban J connectivity index is 1.52. The van der Waals surface area contributed by atoms with Crippen molar-refractivity contribution in [3.8, 4) is 0 Å². The first-order chi connectivity index (χ1) is 18.3. The number of esters is 1.